The summed E-state index contributed by atoms with van der Waals surface area (Å²) < 4.78 is 28.7. The molecule has 2 heterocycles. The van der Waals surface area contributed by atoms with Crippen molar-refractivity contribution in [3.63, 3.8) is 0 Å². The van der Waals surface area contributed by atoms with E-state index in [0.29, 0.717) is 37.9 Å². The zero-order valence-electron chi connectivity index (χ0n) is 14.1. The van der Waals surface area contributed by atoms with Gasteiger partial charge in [0.25, 0.3) is 0 Å². The summed E-state index contributed by atoms with van der Waals surface area (Å²) >= 11 is 12.3. The van der Waals surface area contributed by atoms with Gasteiger partial charge in [-0.3, -0.25) is 9.58 Å². The van der Waals surface area contributed by atoms with Crippen molar-refractivity contribution in [2.75, 3.05) is 26.2 Å². The predicted octanol–water partition coefficient (Wildman–Crippen LogP) is 2.54. The fourth-order valence-corrected chi connectivity index (χ4v) is 5.15. The maximum Gasteiger partial charge on any atom is 0.244 e. The molecule has 0 atom stereocenters. The molecular weight excluding hydrogens is 383 g/mol. The Balaban J connectivity index is 1.69. The van der Waals surface area contributed by atoms with Gasteiger partial charge in [-0.15, -0.1) is 0 Å². The molecule has 1 aromatic heterocycles. The lowest BCUT2D eigenvalue weighted by Crippen LogP contribution is -2.48. The molecule has 1 saturated heterocycles. The first-order valence-electron chi connectivity index (χ1n) is 7.95. The van der Waals surface area contributed by atoms with Gasteiger partial charge in [0.1, 0.15) is 10.0 Å². The summed E-state index contributed by atoms with van der Waals surface area (Å²) in [6, 6.07) is 6.54. The molecule has 1 fully saturated rings. The fraction of sp³-hybridized carbons (Fsp3) is 0.438. The van der Waals surface area contributed by atoms with Crippen LogP contribution in [0, 0.1) is 6.92 Å². The van der Waals surface area contributed by atoms with Crippen molar-refractivity contribution in [3.8, 4) is 0 Å². The summed E-state index contributed by atoms with van der Waals surface area (Å²) in [5, 5.41) is 5.20. The number of hydrogen-bond acceptors (Lipinski definition) is 4. The fourth-order valence-electron chi connectivity index (χ4n) is 3.00. The van der Waals surface area contributed by atoms with Gasteiger partial charge in [0.05, 0.1) is 10.7 Å². The molecule has 0 bridgehead atoms. The van der Waals surface area contributed by atoms with E-state index in [0.717, 1.165) is 11.3 Å². The standard InChI is InChI=1S/C16H20Cl2N4O2S/c1-12-13(16(18)20(2)19-12)11-21-7-9-22(10-8-21)25(23,24)15-6-4-3-5-14(15)17/h3-6H,7-11H2,1-2H3. The van der Waals surface area contributed by atoms with Crippen molar-refractivity contribution in [3.05, 3.63) is 45.7 Å². The van der Waals surface area contributed by atoms with Crippen LogP contribution in [0.2, 0.25) is 10.2 Å². The van der Waals surface area contributed by atoms with Gasteiger partial charge in [0.2, 0.25) is 10.0 Å². The zero-order chi connectivity index (χ0) is 18.2. The minimum Gasteiger partial charge on any atom is -0.296 e. The van der Waals surface area contributed by atoms with E-state index in [1.807, 2.05) is 14.0 Å². The Morgan fingerprint density at radius 1 is 1.12 bits per heavy atom. The van der Waals surface area contributed by atoms with Crippen molar-refractivity contribution in [1.82, 2.24) is 19.0 Å². The van der Waals surface area contributed by atoms with Crippen LogP contribution in [0.3, 0.4) is 0 Å². The Kier molecular flexibility index (Phi) is 5.41. The van der Waals surface area contributed by atoms with Gasteiger partial charge in [0, 0.05) is 45.3 Å². The Hall–Kier alpha value is -1.12. The highest BCUT2D eigenvalue weighted by molar-refractivity contribution is 7.89. The number of aryl methyl sites for hydroxylation is 2. The first kappa shape index (κ1) is 18.7. The molecule has 25 heavy (non-hydrogen) atoms. The number of hydrogen-bond donors (Lipinski definition) is 0. The lowest BCUT2D eigenvalue weighted by molar-refractivity contribution is 0.181. The Morgan fingerprint density at radius 3 is 2.32 bits per heavy atom. The van der Waals surface area contributed by atoms with Crippen LogP contribution in [0.25, 0.3) is 0 Å². The van der Waals surface area contributed by atoms with Gasteiger partial charge in [-0.2, -0.15) is 9.40 Å². The molecule has 136 valence electrons. The van der Waals surface area contributed by atoms with Gasteiger partial charge in [-0.1, -0.05) is 35.3 Å². The lowest BCUT2D eigenvalue weighted by atomic mass is 10.2. The molecule has 3 rings (SSSR count). The van der Waals surface area contributed by atoms with Crippen molar-refractivity contribution in [2.45, 2.75) is 18.4 Å². The van der Waals surface area contributed by atoms with Crippen LogP contribution in [0.4, 0.5) is 0 Å². The molecule has 0 aliphatic carbocycles. The van der Waals surface area contributed by atoms with Gasteiger partial charge in [0.15, 0.2) is 0 Å². The quantitative estimate of drug-likeness (QED) is 0.788. The largest absolute Gasteiger partial charge is 0.296 e. The highest BCUT2D eigenvalue weighted by atomic mass is 35.5. The van der Waals surface area contributed by atoms with E-state index in [1.165, 1.54) is 4.31 Å². The second-order valence-electron chi connectivity index (χ2n) is 6.09. The molecule has 0 saturated carbocycles. The predicted molar refractivity (Wildman–Crippen MR) is 98.4 cm³/mol. The number of piperazine rings is 1. The smallest absolute Gasteiger partial charge is 0.244 e. The van der Waals surface area contributed by atoms with Crippen LogP contribution in [0.1, 0.15) is 11.3 Å². The van der Waals surface area contributed by atoms with Crippen molar-refractivity contribution < 1.29 is 8.42 Å². The maximum atomic E-state index is 12.8. The van der Waals surface area contributed by atoms with Crippen molar-refractivity contribution in [1.29, 1.82) is 0 Å². The Labute approximate surface area is 158 Å². The highest BCUT2D eigenvalue weighted by Crippen LogP contribution is 2.26. The van der Waals surface area contributed by atoms with Crippen molar-refractivity contribution >= 4 is 33.2 Å². The van der Waals surface area contributed by atoms with Crippen LogP contribution >= 0.6 is 23.2 Å². The molecule has 0 spiro atoms. The molecule has 0 amide bonds. The number of nitrogens with zero attached hydrogens (tertiary/aromatic N) is 4. The number of aromatic nitrogens is 2. The van der Waals surface area contributed by atoms with E-state index in [2.05, 4.69) is 10.00 Å². The van der Waals surface area contributed by atoms with E-state index in [9.17, 15) is 8.42 Å². The van der Waals surface area contributed by atoms with Crippen LogP contribution in [0.5, 0.6) is 0 Å². The molecule has 9 heteroatoms. The summed E-state index contributed by atoms with van der Waals surface area (Å²) in [4.78, 5) is 2.35. The molecule has 6 nitrogen and oxygen atoms in total. The van der Waals surface area contributed by atoms with E-state index >= 15 is 0 Å². The molecular formula is C16H20Cl2N4O2S. The number of benzene rings is 1. The normalized spacial score (nSPS) is 17.1. The number of halogens is 2. The molecule has 1 aliphatic heterocycles. The summed E-state index contributed by atoms with van der Waals surface area (Å²) in [5.41, 5.74) is 1.89. The molecule has 0 N–H and O–H groups in total. The van der Waals surface area contributed by atoms with Crippen LogP contribution in [0.15, 0.2) is 29.2 Å². The van der Waals surface area contributed by atoms with E-state index in [-0.39, 0.29) is 9.92 Å². The first-order chi connectivity index (χ1) is 11.8. The van der Waals surface area contributed by atoms with E-state index in [1.54, 1.807) is 28.9 Å². The van der Waals surface area contributed by atoms with Crippen LogP contribution in [-0.2, 0) is 23.6 Å². The number of sulfonamides is 1. The molecule has 1 aromatic carbocycles. The van der Waals surface area contributed by atoms with Gasteiger partial charge in [-0.25, -0.2) is 8.42 Å². The monoisotopic (exact) mass is 402 g/mol. The van der Waals surface area contributed by atoms with Crippen LogP contribution in [-0.4, -0.2) is 53.6 Å². The Bertz CT molecular complexity index is 874. The SMILES string of the molecule is Cc1nn(C)c(Cl)c1CN1CCN(S(=O)(=O)c2ccccc2Cl)CC1. The van der Waals surface area contributed by atoms with Gasteiger partial charge >= 0.3 is 0 Å². The van der Waals surface area contributed by atoms with Crippen molar-refractivity contribution in [2.24, 2.45) is 7.05 Å². The molecule has 2 aromatic rings. The minimum atomic E-state index is -3.57. The molecule has 1 aliphatic rings. The lowest BCUT2D eigenvalue weighted by Gasteiger charge is -2.34. The number of rotatable bonds is 4. The second-order valence-corrected chi connectivity index (χ2v) is 8.76. The topological polar surface area (TPSA) is 58.4 Å². The highest BCUT2D eigenvalue weighted by Gasteiger charge is 2.30. The maximum absolute atomic E-state index is 12.8. The summed E-state index contributed by atoms with van der Waals surface area (Å²) in [6.45, 7) is 4.70. The summed E-state index contributed by atoms with van der Waals surface area (Å²) in [6.07, 6.45) is 0. The van der Waals surface area contributed by atoms with Crippen LogP contribution < -0.4 is 0 Å². The average molecular weight is 403 g/mol. The third-order valence-electron chi connectivity index (χ3n) is 4.44. The summed E-state index contributed by atoms with van der Waals surface area (Å²) in [5.74, 6) is 0. The Morgan fingerprint density at radius 2 is 1.76 bits per heavy atom. The molecule has 0 radical (unpaired) electrons. The van der Waals surface area contributed by atoms with E-state index < -0.39 is 10.0 Å². The van der Waals surface area contributed by atoms with Gasteiger partial charge in [-0.05, 0) is 19.1 Å². The summed E-state index contributed by atoms with van der Waals surface area (Å²) in [7, 11) is -1.76. The zero-order valence-corrected chi connectivity index (χ0v) is 16.4. The average Bonchev–Trinajstić information content (AvgIpc) is 2.82. The third kappa shape index (κ3) is 3.71. The molecule has 0 unspecified atom stereocenters. The second kappa shape index (κ2) is 7.25. The first-order valence-corrected chi connectivity index (χ1v) is 10.2. The van der Waals surface area contributed by atoms with Gasteiger partial charge < -0.3 is 0 Å². The third-order valence-corrected chi connectivity index (χ3v) is 7.31. The van der Waals surface area contributed by atoms with E-state index in [4.69, 9.17) is 23.2 Å². The minimum absolute atomic E-state index is 0.163.